The van der Waals surface area contributed by atoms with Gasteiger partial charge in [-0.1, -0.05) is 0 Å². The highest BCUT2D eigenvalue weighted by Crippen LogP contribution is 2.33. The Morgan fingerprint density at radius 2 is 2.30 bits per heavy atom. The second kappa shape index (κ2) is 5.77. The van der Waals surface area contributed by atoms with Crippen LogP contribution in [0.4, 0.5) is 11.4 Å². The summed E-state index contributed by atoms with van der Waals surface area (Å²) in [4.78, 5) is 23.2. The molecule has 1 atom stereocenters. The second-order valence-corrected chi connectivity index (χ2v) is 4.73. The van der Waals surface area contributed by atoms with Gasteiger partial charge in [0, 0.05) is 30.4 Å². The van der Waals surface area contributed by atoms with Crippen molar-refractivity contribution >= 4 is 17.3 Å². The number of ether oxygens (including phenoxy) is 1. The van der Waals surface area contributed by atoms with E-state index in [1.54, 1.807) is 6.07 Å². The number of non-ortho nitro benzene ring substituents is 1. The van der Waals surface area contributed by atoms with Gasteiger partial charge in [-0.25, -0.2) is 0 Å². The van der Waals surface area contributed by atoms with Crippen LogP contribution in [0.2, 0.25) is 0 Å². The van der Waals surface area contributed by atoms with E-state index in [9.17, 15) is 14.9 Å². The van der Waals surface area contributed by atoms with Crippen LogP contribution in [0.15, 0.2) is 18.2 Å². The van der Waals surface area contributed by atoms with Crippen molar-refractivity contribution in [2.45, 2.75) is 25.3 Å². The predicted octanol–water partition coefficient (Wildman–Crippen LogP) is 2.05. The Labute approximate surface area is 115 Å². The van der Waals surface area contributed by atoms with Crippen LogP contribution in [0, 0.1) is 10.1 Å². The van der Waals surface area contributed by atoms with E-state index < -0.39 is 10.9 Å². The fourth-order valence-corrected chi connectivity index (χ4v) is 2.55. The van der Waals surface area contributed by atoms with Gasteiger partial charge < -0.3 is 14.7 Å². The van der Waals surface area contributed by atoms with Crippen LogP contribution in [-0.4, -0.2) is 35.7 Å². The van der Waals surface area contributed by atoms with E-state index in [-0.39, 0.29) is 18.2 Å². The molecule has 0 bridgehead atoms. The van der Waals surface area contributed by atoms with E-state index in [0.29, 0.717) is 18.0 Å². The van der Waals surface area contributed by atoms with Gasteiger partial charge in [0.25, 0.3) is 5.69 Å². The molecule has 1 aliphatic heterocycles. The van der Waals surface area contributed by atoms with Crippen LogP contribution >= 0.6 is 0 Å². The SMILES string of the molecule is COc1cc(N2CCCC2CC(=O)O)cc([N+](=O)[O-])c1. The number of nitrogens with zero attached hydrogens (tertiary/aromatic N) is 2. The predicted molar refractivity (Wildman–Crippen MR) is 72.3 cm³/mol. The largest absolute Gasteiger partial charge is 0.496 e. The number of carbonyl (C=O) groups is 1. The van der Waals surface area contributed by atoms with Crippen molar-refractivity contribution in [2.75, 3.05) is 18.6 Å². The number of anilines is 1. The number of methoxy groups -OCH3 is 1. The highest BCUT2D eigenvalue weighted by molar-refractivity contribution is 5.69. The maximum absolute atomic E-state index is 10.9. The van der Waals surface area contributed by atoms with Crippen molar-refractivity contribution < 1.29 is 19.6 Å². The van der Waals surface area contributed by atoms with Crippen molar-refractivity contribution in [2.24, 2.45) is 0 Å². The van der Waals surface area contributed by atoms with Crippen molar-refractivity contribution in [3.05, 3.63) is 28.3 Å². The third-order valence-corrected chi connectivity index (χ3v) is 3.44. The first-order valence-electron chi connectivity index (χ1n) is 6.33. The van der Waals surface area contributed by atoms with Gasteiger partial charge in [0.1, 0.15) is 5.75 Å². The number of hydrogen-bond acceptors (Lipinski definition) is 5. The average molecular weight is 280 g/mol. The number of carboxylic acid groups (broad SMARTS) is 1. The minimum atomic E-state index is -0.862. The van der Waals surface area contributed by atoms with Crippen LogP contribution in [-0.2, 0) is 4.79 Å². The van der Waals surface area contributed by atoms with Gasteiger partial charge in [-0.05, 0) is 12.8 Å². The number of hydrogen-bond donors (Lipinski definition) is 1. The Balaban J connectivity index is 2.33. The average Bonchev–Trinajstić information content (AvgIpc) is 2.85. The Bertz CT molecular complexity index is 531. The number of rotatable bonds is 5. The third kappa shape index (κ3) is 2.98. The molecule has 0 radical (unpaired) electrons. The van der Waals surface area contributed by atoms with Gasteiger partial charge in [-0.2, -0.15) is 0 Å². The lowest BCUT2D eigenvalue weighted by atomic mass is 10.1. The zero-order valence-electron chi connectivity index (χ0n) is 11.1. The van der Waals surface area contributed by atoms with Crippen molar-refractivity contribution in [3.8, 4) is 5.75 Å². The summed E-state index contributed by atoms with van der Waals surface area (Å²) in [5.74, 6) is -0.463. The Kier molecular flexibility index (Phi) is 4.07. The molecular weight excluding hydrogens is 264 g/mol. The van der Waals surface area contributed by atoms with E-state index in [2.05, 4.69) is 0 Å². The molecule has 108 valence electrons. The molecule has 1 aliphatic rings. The fraction of sp³-hybridized carbons (Fsp3) is 0.462. The quantitative estimate of drug-likeness (QED) is 0.655. The molecule has 1 aromatic carbocycles. The summed E-state index contributed by atoms with van der Waals surface area (Å²) >= 11 is 0. The molecule has 2 rings (SSSR count). The third-order valence-electron chi connectivity index (χ3n) is 3.44. The number of aliphatic carboxylic acids is 1. The van der Waals surface area contributed by atoms with Gasteiger partial charge >= 0.3 is 5.97 Å². The zero-order chi connectivity index (χ0) is 14.7. The van der Waals surface area contributed by atoms with Crippen molar-refractivity contribution in [3.63, 3.8) is 0 Å². The van der Waals surface area contributed by atoms with Gasteiger partial charge in [-0.3, -0.25) is 14.9 Å². The van der Waals surface area contributed by atoms with Crippen LogP contribution in [0.1, 0.15) is 19.3 Å². The molecule has 0 aromatic heterocycles. The fourth-order valence-electron chi connectivity index (χ4n) is 2.55. The maximum Gasteiger partial charge on any atom is 0.305 e. The topological polar surface area (TPSA) is 92.9 Å². The molecule has 0 aliphatic carbocycles. The molecule has 1 aromatic rings. The van der Waals surface area contributed by atoms with Gasteiger partial charge in [0.05, 0.1) is 24.5 Å². The molecule has 0 saturated carbocycles. The molecule has 20 heavy (non-hydrogen) atoms. The Morgan fingerprint density at radius 1 is 1.55 bits per heavy atom. The van der Waals surface area contributed by atoms with E-state index in [1.807, 2.05) is 4.90 Å². The Hall–Kier alpha value is -2.31. The Morgan fingerprint density at radius 3 is 2.90 bits per heavy atom. The molecule has 0 amide bonds. The van der Waals surface area contributed by atoms with Crippen LogP contribution in [0.5, 0.6) is 5.75 Å². The molecule has 1 unspecified atom stereocenters. The molecule has 1 heterocycles. The molecule has 1 fully saturated rings. The van der Waals surface area contributed by atoms with Gasteiger partial charge in [-0.15, -0.1) is 0 Å². The standard InChI is InChI=1S/C13H16N2O5/c1-20-12-6-10(5-11(7-12)15(18)19)14-4-2-3-9(14)8-13(16)17/h5-7,9H,2-4,8H2,1H3,(H,16,17). The van der Waals surface area contributed by atoms with Crippen LogP contribution in [0.3, 0.4) is 0 Å². The lowest BCUT2D eigenvalue weighted by molar-refractivity contribution is -0.384. The number of nitro groups is 1. The normalized spacial score (nSPS) is 18.1. The lowest BCUT2D eigenvalue weighted by Gasteiger charge is -2.25. The number of nitro benzene ring substituents is 1. The molecule has 1 N–H and O–H groups in total. The smallest absolute Gasteiger partial charge is 0.305 e. The highest BCUT2D eigenvalue weighted by Gasteiger charge is 2.28. The summed E-state index contributed by atoms with van der Waals surface area (Å²) in [7, 11) is 1.45. The summed E-state index contributed by atoms with van der Waals surface area (Å²) in [6.07, 6.45) is 1.69. The molecular formula is C13H16N2O5. The van der Waals surface area contributed by atoms with E-state index in [0.717, 1.165) is 12.8 Å². The first-order chi connectivity index (χ1) is 9.51. The second-order valence-electron chi connectivity index (χ2n) is 4.73. The van der Waals surface area contributed by atoms with Crippen LogP contribution in [0.25, 0.3) is 0 Å². The molecule has 1 saturated heterocycles. The zero-order valence-corrected chi connectivity index (χ0v) is 11.1. The summed E-state index contributed by atoms with van der Waals surface area (Å²) in [5, 5.41) is 19.9. The summed E-state index contributed by atoms with van der Waals surface area (Å²) in [6, 6.07) is 4.39. The summed E-state index contributed by atoms with van der Waals surface area (Å²) in [6.45, 7) is 0.697. The minimum absolute atomic E-state index is 0.0327. The van der Waals surface area contributed by atoms with Crippen LogP contribution < -0.4 is 9.64 Å². The van der Waals surface area contributed by atoms with E-state index in [4.69, 9.17) is 9.84 Å². The first-order valence-corrected chi connectivity index (χ1v) is 6.33. The first kappa shape index (κ1) is 14.1. The van der Waals surface area contributed by atoms with E-state index in [1.165, 1.54) is 19.2 Å². The molecule has 7 nitrogen and oxygen atoms in total. The van der Waals surface area contributed by atoms with Crippen molar-refractivity contribution in [1.29, 1.82) is 0 Å². The monoisotopic (exact) mass is 280 g/mol. The van der Waals surface area contributed by atoms with Gasteiger partial charge in [0.15, 0.2) is 0 Å². The minimum Gasteiger partial charge on any atom is -0.496 e. The van der Waals surface area contributed by atoms with Crippen molar-refractivity contribution in [1.82, 2.24) is 0 Å². The summed E-state index contributed by atoms with van der Waals surface area (Å²) < 4.78 is 5.07. The molecule has 0 spiro atoms. The molecule has 7 heteroatoms. The lowest BCUT2D eigenvalue weighted by Crippen LogP contribution is -2.31. The van der Waals surface area contributed by atoms with E-state index >= 15 is 0 Å². The number of carboxylic acids is 1. The summed E-state index contributed by atoms with van der Waals surface area (Å²) in [5.41, 5.74) is 0.583. The number of benzene rings is 1. The van der Waals surface area contributed by atoms with Gasteiger partial charge in [0.2, 0.25) is 0 Å². The highest BCUT2D eigenvalue weighted by atomic mass is 16.6. The maximum atomic E-state index is 10.9.